The van der Waals surface area contributed by atoms with E-state index in [0.29, 0.717) is 24.9 Å². The van der Waals surface area contributed by atoms with Gasteiger partial charge in [-0.05, 0) is 48.8 Å². The Morgan fingerprint density at radius 3 is 2.71 bits per heavy atom. The van der Waals surface area contributed by atoms with Crippen LogP contribution < -0.4 is 5.32 Å². The summed E-state index contributed by atoms with van der Waals surface area (Å²) in [4.78, 5) is 13.0. The first-order valence-corrected chi connectivity index (χ1v) is 8.16. The van der Waals surface area contributed by atoms with Gasteiger partial charge in [0.1, 0.15) is 5.82 Å². The Morgan fingerprint density at radius 1 is 1.10 bits per heavy atom. The fourth-order valence-corrected chi connectivity index (χ4v) is 2.92. The topological polar surface area (TPSA) is 29.1 Å². The van der Waals surface area contributed by atoms with Gasteiger partial charge in [-0.3, -0.25) is 4.79 Å². The Bertz CT molecular complexity index is 554. The SMILES string of the molecule is O=C(CCCCc1cccs1)NCCc1ccccc1F. The van der Waals surface area contributed by atoms with Crippen molar-refractivity contribution in [3.63, 3.8) is 0 Å². The Morgan fingerprint density at radius 2 is 1.95 bits per heavy atom. The zero-order chi connectivity index (χ0) is 14.9. The molecule has 0 spiro atoms. The highest BCUT2D eigenvalue weighted by molar-refractivity contribution is 7.09. The molecule has 1 aromatic heterocycles. The predicted molar refractivity (Wildman–Crippen MR) is 85.0 cm³/mol. The number of amides is 1. The van der Waals surface area contributed by atoms with Gasteiger partial charge in [0.05, 0.1) is 0 Å². The first-order valence-electron chi connectivity index (χ1n) is 7.28. The Balaban J connectivity index is 1.56. The van der Waals surface area contributed by atoms with Crippen LogP contribution in [0.15, 0.2) is 41.8 Å². The van der Waals surface area contributed by atoms with Crippen LogP contribution in [0.1, 0.15) is 29.7 Å². The van der Waals surface area contributed by atoms with Crippen molar-refractivity contribution in [1.29, 1.82) is 0 Å². The van der Waals surface area contributed by atoms with Gasteiger partial charge >= 0.3 is 0 Å². The molecule has 0 fully saturated rings. The minimum Gasteiger partial charge on any atom is -0.356 e. The Hall–Kier alpha value is -1.68. The maximum atomic E-state index is 13.4. The average Bonchev–Trinajstić information content (AvgIpc) is 2.99. The number of hydrogen-bond acceptors (Lipinski definition) is 2. The van der Waals surface area contributed by atoms with Crippen molar-refractivity contribution < 1.29 is 9.18 Å². The molecule has 0 atom stereocenters. The molecule has 1 aromatic carbocycles. The largest absolute Gasteiger partial charge is 0.356 e. The van der Waals surface area contributed by atoms with Crippen molar-refractivity contribution in [1.82, 2.24) is 5.32 Å². The van der Waals surface area contributed by atoms with Crippen LogP contribution in [0.2, 0.25) is 0 Å². The first-order chi connectivity index (χ1) is 10.3. The van der Waals surface area contributed by atoms with E-state index in [1.807, 2.05) is 6.07 Å². The van der Waals surface area contributed by atoms with Gasteiger partial charge in [0.25, 0.3) is 0 Å². The summed E-state index contributed by atoms with van der Waals surface area (Å²) in [5, 5.41) is 4.92. The lowest BCUT2D eigenvalue weighted by atomic mass is 10.1. The number of rotatable bonds is 8. The van der Waals surface area contributed by atoms with Crippen LogP contribution in [-0.4, -0.2) is 12.5 Å². The van der Waals surface area contributed by atoms with Gasteiger partial charge in [-0.25, -0.2) is 4.39 Å². The fraction of sp³-hybridized carbons (Fsp3) is 0.353. The number of unbranched alkanes of at least 4 members (excludes halogenated alkanes) is 1. The maximum Gasteiger partial charge on any atom is 0.220 e. The molecule has 2 rings (SSSR count). The molecule has 4 heteroatoms. The average molecular weight is 305 g/mol. The van der Waals surface area contributed by atoms with Crippen LogP contribution in [0.25, 0.3) is 0 Å². The smallest absolute Gasteiger partial charge is 0.220 e. The van der Waals surface area contributed by atoms with Crippen molar-refractivity contribution in [2.75, 3.05) is 6.54 Å². The third kappa shape index (κ3) is 5.68. The van der Waals surface area contributed by atoms with Crippen molar-refractivity contribution in [2.45, 2.75) is 32.1 Å². The highest BCUT2D eigenvalue weighted by Crippen LogP contribution is 2.12. The minimum atomic E-state index is -0.206. The van der Waals surface area contributed by atoms with E-state index in [1.165, 1.54) is 10.9 Å². The van der Waals surface area contributed by atoms with Crippen LogP contribution in [-0.2, 0) is 17.6 Å². The third-order valence-electron chi connectivity index (χ3n) is 3.33. The van der Waals surface area contributed by atoms with Gasteiger partial charge in [-0.2, -0.15) is 0 Å². The highest BCUT2D eigenvalue weighted by Gasteiger charge is 2.03. The molecule has 1 N–H and O–H groups in total. The van der Waals surface area contributed by atoms with E-state index in [1.54, 1.807) is 23.5 Å². The van der Waals surface area contributed by atoms with Gasteiger partial charge in [0.15, 0.2) is 0 Å². The molecule has 0 radical (unpaired) electrons. The molecule has 0 saturated heterocycles. The number of benzene rings is 1. The van der Waals surface area contributed by atoms with Gasteiger partial charge in [0.2, 0.25) is 5.91 Å². The normalized spacial score (nSPS) is 10.5. The molecule has 1 amide bonds. The summed E-state index contributed by atoms with van der Waals surface area (Å²) < 4.78 is 13.4. The van der Waals surface area contributed by atoms with E-state index in [0.717, 1.165) is 19.3 Å². The molecular weight excluding hydrogens is 285 g/mol. The number of hydrogen-bond donors (Lipinski definition) is 1. The molecule has 0 unspecified atom stereocenters. The molecule has 0 saturated carbocycles. The van der Waals surface area contributed by atoms with Crippen molar-refractivity contribution in [3.8, 4) is 0 Å². The Kier molecular flexibility index (Phi) is 6.41. The number of thiophene rings is 1. The number of carbonyl (C=O) groups is 1. The van der Waals surface area contributed by atoms with E-state index in [-0.39, 0.29) is 11.7 Å². The van der Waals surface area contributed by atoms with Gasteiger partial charge < -0.3 is 5.32 Å². The second-order valence-corrected chi connectivity index (χ2v) is 6.01. The van der Waals surface area contributed by atoms with Crippen molar-refractivity contribution >= 4 is 17.2 Å². The highest BCUT2D eigenvalue weighted by atomic mass is 32.1. The second-order valence-electron chi connectivity index (χ2n) is 4.98. The number of carbonyl (C=O) groups excluding carboxylic acids is 1. The molecule has 1 heterocycles. The second kappa shape index (κ2) is 8.57. The van der Waals surface area contributed by atoms with Crippen LogP contribution in [0.5, 0.6) is 0 Å². The van der Waals surface area contributed by atoms with E-state index >= 15 is 0 Å². The molecular formula is C17H20FNOS. The van der Waals surface area contributed by atoms with E-state index < -0.39 is 0 Å². The molecule has 21 heavy (non-hydrogen) atoms. The summed E-state index contributed by atoms with van der Waals surface area (Å²) in [6.45, 7) is 0.491. The molecule has 112 valence electrons. The molecule has 0 bridgehead atoms. The summed E-state index contributed by atoms with van der Waals surface area (Å²) in [5.41, 5.74) is 0.649. The number of halogens is 1. The van der Waals surface area contributed by atoms with E-state index in [9.17, 15) is 9.18 Å². The lowest BCUT2D eigenvalue weighted by molar-refractivity contribution is -0.121. The quantitative estimate of drug-likeness (QED) is 0.735. The standard InChI is InChI=1S/C17H20FNOS/c18-16-9-3-1-6-14(16)11-12-19-17(20)10-4-2-7-15-8-5-13-21-15/h1,3,5-6,8-9,13H,2,4,7,10-12H2,(H,19,20). The van der Waals surface area contributed by atoms with Crippen LogP contribution >= 0.6 is 11.3 Å². The first kappa shape index (κ1) is 15.7. The van der Waals surface area contributed by atoms with Crippen LogP contribution in [0.4, 0.5) is 4.39 Å². The van der Waals surface area contributed by atoms with Crippen molar-refractivity contribution in [2.24, 2.45) is 0 Å². The monoisotopic (exact) mass is 305 g/mol. The van der Waals surface area contributed by atoms with Crippen LogP contribution in [0, 0.1) is 5.82 Å². The molecule has 2 nitrogen and oxygen atoms in total. The third-order valence-corrected chi connectivity index (χ3v) is 4.27. The molecule has 0 aliphatic rings. The van der Waals surface area contributed by atoms with E-state index in [2.05, 4.69) is 22.8 Å². The number of nitrogens with one attached hydrogen (secondary N) is 1. The zero-order valence-electron chi connectivity index (χ0n) is 12.0. The molecule has 0 aliphatic heterocycles. The summed E-state index contributed by atoms with van der Waals surface area (Å²) in [6, 6.07) is 10.9. The van der Waals surface area contributed by atoms with Crippen molar-refractivity contribution in [3.05, 3.63) is 58.0 Å². The summed E-state index contributed by atoms with van der Waals surface area (Å²) in [6.07, 6.45) is 4.04. The van der Waals surface area contributed by atoms with Gasteiger partial charge in [-0.15, -0.1) is 11.3 Å². The molecule has 0 aliphatic carbocycles. The minimum absolute atomic E-state index is 0.0533. The lowest BCUT2D eigenvalue weighted by Gasteiger charge is -2.06. The van der Waals surface area contributed by atoms with E-state index in [4.69, 9.17) is 0 Å². The van der Waals surface area contributed by atoms with Gasteiger partial charge in [-0.1, -0.05) is 24.3 Å². The summed E-state index contributed by atoms with van der Waals surface area (Å²) in [7, 11) is 0. The number of aryl methyl sites for hydroxylation is 1. The van der Waals surface area contributed by atoms with Gasteiger partial charge in [0, 0.05) is 17.8 Å². The summed E-state index contributed by atoms with van der Waals surface area (Å²) in [5.74, 6) is -0.153. The lowest BCUT2D eigenvalue weighted by Crippen LogP contribution is -2.25. The molecule has 2 aromatic rings. The summed E-state index contributed by atoms with van der Waals surface area (Å²) >= 11 is 1.76. The van der Waals surface area contributed by atoms with Crippen LogP contribution in [0.3, 0.4) is 0 Å². The maximum absolute atomic E-state index is 13.4. The fourth-order valence-electron chi connectivity index (χ4n) is 2.17. The predicted octanol–water partition coefficient (Wildman–Crippen LogP) is 3.96. The zero-order valence-corrected chi connectivity index (χ0v) is 12.8. The Labute approximate surface area is 129 Å².